The summed E-state index contributed by atoms with van der Waals surface area (Å²) in [6.45, 7) is 0.0544. The van der Waals surface area contributed by atoms with Gasteiger partial charge in [0.05, 0.1) is 0 Å². The fraction of sp³-hybridized carbons (Fsp3) is 0.500. The van der Waals surface area contributed by atoms with Gasteiger partial charge in [-0.05, 0) is 30.7 Å². The number of amides is 1. The summed E-state index contributed by atoms with van der Waals surface area (Å²) in [6.07, 6.45) is 3.16. The molecule has 0 aliphatic carbocycles. The third kappa shape index (κ3) is 6.07. The molecule has 0 saturated heterocycles. The van der Waals surface area contributed by atoms with Gasteiger partial charge in [0.25, 0.3) is 0 Å². The zero-order valence-corrected chi connectivity index (χ0v) is 11.9. The van der Waals surface area contributed by atoms with Gasteiger partial charge < -0.3 is 10.4 Å². The largest absolute Gasteiger partial charge is 0.396 e. The zero-order chi connectivity index (χ0) is 14.1. The Kier molecular flexibility index (Phi) is 7.52. The van der Waals surface area contributed by atoms with Crippen LogP contribution in [0.15, 0.2) is 24.3 Å². The molecular weight excluding hydrogens is 265 g/mol. The lowest BCUT2D eigenvalue weighted by molar-refractivity contribution is -0.121. The van der Waals surface area contributed by atoms with Gasteiger partial charge in [0.1, 0.15) is 5.82 Å². The molecule has 106 valence electrons. The summed E-state index contributed by atoms with van der Waals surface area (Å²) in [5.74, 6) is 0.397. The van der Waals surface area contributed by atoms with E-state index < -0.39 is 0 Å². The van der Waals surface area contributed by atoms with Crippen molar-refractivity contribution in [3.8, 4) is 0 Å². The van der Waals surface area contributed by atoms with Gasteiger partial charge in [-0.1, -0.05) is 18.2 Å². The Morgan fingerprint density at radius 2 is 2.21 bits per heavy atom. The number of hydrogen-bond acceptors (Lipinski definition) is 3. The van der Waals surface area contributed by atoms with Crippen LogP contribution in [0.5, 0.6) is 0 Å². The minimum absolute atomic E-state index is 0.0203. The summed E-state index contributed by atoms with van der Waals surface area (Å²) in [5.41, 5.74) is 0.557. The van der Waals surface area contributed by atoms with Crippen LogP contribution >= 0.6 is 11.8 Å². The maximum atomic E-state index is 13.4. The molecule has 0 bridgehead atoms. The van der Waals surface area contributed by atoms with Crippen molar-refractivity contribution in [2.75, 3.05) is 18.6 Å². The molecule has 0 aromatic heterocycles. The Labute approximate surface area is 117 Å². The molecule has 3 nitrogen and oxygen atoms in total. The van der Waals surface area contributed by atoms with Crippen molar-refractivity contribution >= 4 is 17.7 Å². The van der Waals surface area contributed by atoms with Gasteiger partial charge in [-0.2, -0.15) is 11.8 Å². The molecular formula is C14H20FNO2S. The first-order valence-electron chi connectivity index (χ1n) is 6.30. The van der Waals surface area contributed by atoms with E-state index in [0.717, 1.165) is 5.75 Å². The quantitative estimate of drug-likeness (QED) is 0.768. The molecule has 0 aliphatic heterocycles. The number of aliphatic hydroxyl groups is 1. The van der Waals surface area contributed by atoms with Gasteiger partial charge >= 0.3 is 0 Å². The molecule has 0 fully saturated rings. The molecule has 1 unspecified atom stereocenters. The van der Waals surface area contributed by atoms with Crippen LogP contribution in [-0.4, -0.2) is 35.7 Å². The predicted octanol–water partition coefficient (Wildman–Crippen LogP) is 1.99. The summed E-state index contributed by atoms with van der Waals surface area (Å²) in [6, 6.07) is 6.46. The summed E-state index contributed by atoms with van der Waals surface area (Å²) in [4.78, 5) is 11.8. The van der Waals surface area contributed by atoms with Crippen molar-refractivity contribution in [2.45, 2.75) is 25.3 Å². The molecule has 1 atom stereocenters. The highest BCUT2D eigenvalue weighted by Crippen LogP contribution is 2.09. The van der Waals surface area contributed by atoms with Gasteiger partial charge in [0.2, 0.25) is 5.91 Å². The Morgan fingerprint density at radius 1 is 1.47 bits per heavy atom. The van der Waals surface area contributed by atoms with Gasteiger partial charge in [-0.25, -0.2) is 4.39 Å². The second kappa shape index (κ2) is 8.93. The molecule has 1 amide bonds. The van der Waals surface area contributed by atoms with Crippen LogP contribution in [0.1, 0.15) is 18.4 Å². The second-order valence-electron chi connectivity index (χ2n) is 4.32. The number of nitrogens with one attached hydrogen (secondary N) is 1. The number of aliphatic hydroxyl groups excluding tert-OH is 1. The van der Waals surface area contributed by atoms with Crippen LogP contribution in [0.3, 0.4) is 0 Å². The fourth-order valence-electron chi connectivity index (χ4n) is 1.80. The molecule has 5 heteroatoms. The molecule has 1 aromatic rings. The first-order valence-corrected chi connectivity index (χ1v) is 7.69. The van der Waals surface area contributed by atoms with Crippen LogP contribution in [0, 0.1) is 5.82 Å². The van der Waals surface area contributed by atoms with E-state index >= 15 is 0 Å². The Hall–Kier alpha value is -1.07. The van der Waals surface area contributed by atoms with Crippen molar-refractivity contribution in [1.29, 1.82) is 0 Å². The number of rotatable bonds is 8. The standard InChI is InChI=1S/C14H20FNO2S/c1-19-10-12(8-9-17)16-14(18)7-6-11-4-2-3-5-13(11)15/h2-5,12,17H,6-10H2,1H3,(H,16,18). The van der Waals surface area contributed by atoms with Gasteiger partial charge in [0.15, 0.2) is 0 Å². The topological polar surface area (TPSA) is 49.3 Å². The lowest BCUT2D eigenvalue weighted by Crippen LogP contribution is -2.37. The lowest BCUT2D eigenvalue weighted by atomic mass is 10.1. The zero-order valence-electron chi connectivity index (χ0n) is 11.1. The third-order valence-corrected chi connectivity index (χ3v) is 3.53. The molecule has 2 N–H and O–H groups in total. The molecule has 0 spiro atoms. The van der Waals surface area contributed by atoms with E-state index in [1.807, 2.05) is 6.26 Å². The lowest BCUT2D eigenvalue weighted by Gasteiger charge is -2.16. The fourth-order valence-corrected chi connectivity index (χ4v) is 2.46. The average molecular weight is 285 g/mol. The van der Waals surface area contributed by atoms with Crippen molar-refractivity contribution in [2.24, 2.45) is 0 Å². The van der Waals surface area contributed by atoms with E-state index in [9.17, 15) is 9.18 Å². The van der Waals surface area contributed by atoms with Crippen LogP contribution in [0.25, 0.3) is 0 Å². The van der Waals surface area contributed by atoms with Crippen molar-refractivity contribution in [3.63, 3.8) is 0 Å². The monoisotopic (exact) mass is 285 g/mol. The molecule has 0 radical (unpaired) electrons. The summed E-state index contributed by atoms with van der Waals surface area (Å²) >= 11 is 1.62. The number of hydrogen-bond donors (Lipinski definition) is 2. The maximum Gasteiger partial charge on any atom is 0.220 e. The highest BCUT2D eigenvalue weighted by molar-refractivity contribution is 7.98. The van der Waals surface area contributed by atoms with Gasteiger partial charge in [-0.3, -0.25) is 4.79 Å². The van der Waals surface area contributed by atoms with E-state index in [4.69, 9.17) is 5.11 Å². The normalized spacial score (nSPS) is 12.2. The maximum absolute atomic E-state index is 13.4. The minimum Gasteiger partial charge on any atom is -0.396 e. The van der Waals surface area contributed by atoms with Crippen LogP contribution in [0.2, 0.25) is 0 Å². The van der Waals surface area contributed by atoms with Crippen LogP contribution in [-0.2, 0) is 11.2 Å². The summed E-state index contributed by atoms with van der Waals surface area (Å²) in [5, 5.41) is 11.8. The highest BCUT2D eigenvalue weighted by atomic mass is 32.2. The summed E-state index contributed by atoms with van der Waals surface area (Å²) in [7, 11) is 0. The van der Waals surface area contributed by atoms with Crippen LogP contribution < -0.4 is 5.32 Å². The minimum atomic E-state index is -0.272. The Morgan fingerprint density at radius 3 is 2.84 bits per heavy atom. The SMILES string of the molecule is CSCC(CCO)NC(=O)CCc1ccccc1F. The number of halogens is 1. The number of thioether (sulfide) groups is 1. The number of carbonyl (C=O) groups is 1. The number of benzene rings is 1. The first-order chi connectivity index (χ1) is 9.17. The molecule has 1 rings (SSSR count). The Balaban J connectivity index is 2.40. The molecule has 0 saturated carbocycles. The van der Waals surface area contributed by atoms with Crippen molar-refractivity contribution in [3.05, 3.63) is 35.6 Å². The van der Waals surface area contributed by atoms with Crippen molar-refractivity contribution in [1.82, 2.24) is 5.32 Å². The van der Waals surface area contributed by atoms with E-state index in [1.54, 1.807) is 30.0 Å². The molecule has 19 heavy (non-hydrogen) atoms. The number of carbonyl (C=O) groups excluding carboxylic acids is 1. The highest BCUT2D eigenvalue weighted by Gasteiger charge is 2.12. The predicted molar refractivity (Wildman–Crippen MR) is 76.7 cm³/mol. The van der Waals surface area contributed by atoms with E-state index in [2.05, 4.69) is 5.32 Å². The van der Waals surface area contributed by atoms with E-state index in [0.29, 0.717) is 18.4 Å². The van der Waals surface area contributed by atoms with Gasteiger partial charge in [-0.15, -0.1) is 0 Å². The van der Waals surface area contributed by atoms with Crippen molar-refractivity contribution < 1.29 is 14.3 Å². The molecule has 0 heterocycles. The van der Waals surface area contributed by atoms with E-state index in [1.165, 1.54) is 6.07 Å². The number of aryl methyl sites for hydroxylation is 1. The smallest absolute Gasteiger partial charge is 0.220 e. The second-order valence-corrected chi connectivity index (χ2v) is 5.23. The Bertz CT molecular complexity index is 395. The third-order valence-electron chi connectivity index (χ3n) is 2.79. The van der Waals surface area contributed by atoms with E-state index in [-0.39, 0.29) is 30.8 Å². The molecule has 0 aliphatic rings. The first kappa shape index (κ1) is 16.0. The molecule has 1 aromatic carbocycles. The average Bonchev–Trinajstić information content (AvgIpc) is 2.38. The van der Waals surface area contributed by atoms with Crippen LogP contribution in [0.4, 0.5) is 4.39 Å². The van der Waals surface area contributed by atoms with Gasteiger partial charge in [0, 0.05) is 24.8 Å². The summed E-state index contributed by atoms with van der Waals surface area (Å²) < 4.78 is 13.4.